The van der Waals surface area contributed by atoms with Crippen LogP contribution in [0.25, 0.3) is 0 Å². The summed E-state index contributed by atoms with van der Waals surface area (Å²) in [5.74, 6) is -8.76. The predicted molar refractivity (Wildman–Crippen MR) is 91.1 cm³/mol. The number of hydrogen-bond acceptors (Lipinski definition) is 4. The van der Waals surface area contributed by atoms with E-state index >= 15 is 0 Å². The van der Waals surface area contributed by atoms with Gasteiger partial charge in [-0.15, -0.1) is 0 Å². The average molecular weight is 342 g/mol. The molecule has 2 aliphatic rings. The van der Waals surface area contributed by atoms with E-state index in [1.54, 1.807) is 0 Å². The van der Waals surface area contributed by atoms with Gasteiger partial charge in [-0.1, -0.05) is 13.7 Å². The molecule has 0 radical (unpaired) electrons. The number of aliphatic hydroxyl groups excluding tert-OH is 1. The molecule has 3 unspecified atom stereocenters. The molecule has 1 aromatic carbocycles. The summed E-state index contributed by atoms with van der Waals surface area (Å²) < 4.78 is 187. The highest BCUT2D eigenvalue weighted by Crippen LogP contribution is 2.43. The molecule has 3 rings (SSSR count). The van der Waals surface area contributed by atoms with Crippen molar-refractivity contribution in [2.24, 2.45) is 11.8 Å². The first-order valence-electron chi connectivity index (χ1n) is 17.6. The van der Waals surface area contributed by atoms with Gasteiger partial charge in [0.2, 0.25) is 0 Å². The fourth-order valence-corrected chi connectivity index (χ4v) is 2.60. The molecule has 4 nitrogen and oxygen atoms in total. The highest BCUT2D eigenvalue weighted by atomic mass is 16.5. The predicted octanol–water partition coefficient (Wildman–Crippen LogP) is 3.03. The summed E-state index contributed by atoms with van der Waals surface area (Å²) in [5, 5.41) is 11.2. The van der Waals surface area contributed by atoms with E-state index in [4.69, 9.17) is 38.3 Å². The topological polar surface area (TPSA) is 41.9 Å². The van der Waals surface area contributed by atoms with E-state index in [0.717, 1.165) is 0 Å². The lowest BCUT2D eigenvalue weighted by Crippen LogP contribution is -2.48. The number of piperidine rings is 1. The second kappa shape index (κ2) is 6.70. The van der Waals surface area contributed by atoms with Crippen LogP contribution >= 0.6 is 0 Å². The lowest BCUT2D eigenvalue weighted by molar-refractivity contribution is -0.0191. The Hall–Kier alpha value is -1.26. The summed E-state index contributed by atoms with van der Waals surface area (Å²) in [7, 11) is -6.86. The second-order valence-electron chi connectivity index (χ2n) is 5.05. The summed E-state index contributed by atoms with van der Waals surface area (Å²) in [5.41, 5.74) is -2.12. The van der Waals surface area contributed by atoms with E-state index in [-0.39, 0.29) is 4.90 Å². The van der Waals surface area contributed by atoms with Crippen LogP contribution in [0.1, 0.15) is 73.8 Å². The number of ether oxygens (including phenoxy) is 2. The van der Waals surface area contributed by atoms with Gasteiger partial charge in [-0.3, -0.25) is 4.90 Å². The van der Waals surface area contributed by atoms with E-state index in [9.17, 15) is 6.48 Å². The van der Waals surface area contributed by atoms with Crippen molar-refractivity contribution in [1.82, 2.24) is 4.90 Å². The summed E-state index contributed by atoms with van der Waals surface area (Å²) in [6.07, 6.45) is -10.7. The Morgan fingerprint density at radius 3 is 3.04 bits per heavy atom. The van der Waals surface area contributed by atoms with Crippen LogP contribution in [0.3, 0.4) is 0 Å². The quantitative estimate of drug-likeness (QED) is 0.914. The van der Waals surface area contributed by atoms with Gasteiger partial charge in [0, 0.05) is 36.9 Å². The van der Waals surface area contributed by atoms with Crippen molar-refractivity contribution in [1.29, 1.82) is 0 Å². The lowest BCUT2D eigenvalue weighted by Gasteiger charge is -2.46. The van der Waals surface area contributed by atoms with E-state index in [1.807, 2.05) is 0 Å². The Kier molecular flexibility index (Phi) is 1.30. The Morgan fingerprint density at radius 2 is 2.30 bits per heavy atom. The molecule has 1 N–H and O–H groups in total. The van der Waals surface area contributed by atoms with Gasteiger partial charge in [0.15, 0.2) is 11.5 Å². The van der Waals surface area contributed by atoms with Gasteiger partial charge in [0.25, 0.3) is 0 Å². The normalized spacial score (nSPS) is 52.4. The number of fused-ring (bicyclic) bond motifs is 3. The lowest BCUT2D eigenvalue weighted by atomic mass is 9.79. The molecule has 23 heavy (non-hydrogen) atoms. The van der Waals surface area contributed by atoms with Gasteiger partial charge >= 0.3 is 0 Å². The molecule has 2 heterocycles. The van der Waals surface area contributed by atoms with E-state index in [0.29, 0.717) is 0 Å². The monoisotopic (exact) mass is 341 g/mol. The number of methoxy groups -OCH3 is 2. The maximum absolute atomic E-state index is 11.2. The molecule has 1 aromatic rings. The van der Waals surface area contributed by atoms with Gasteiger partial charge in [0.05, 0.1) is 32.5 Å². The third kappa shape index (κ3) is 3.20. The number of benzene rings is 1. The summed E-state index contributed by atoms with van der Waals surface area (Å²) in [6.45, 7) is -12.5. The third-order valence-corrected chi connectivity index (χ3v) is 3.64. The third-order valence-electron chi connectivity index (χ3n) is 3.64. The molecule has 2 aliphatic heterocycles. The van der Waals surface area contributed by atoms with Crippen molar-refractivity contribution < 1.29 is 44.7 Å². The second-order valence-corrected chi connectivity index (χ2v) is 5.05. The van der Waals surface area contributed by atoms with Gasteiger partial charge in [-0.2, -0.15) is 0 Å². The molecular formula is C19H29NO3. The largest absolute Gasteiger partial charge is 0.493 e. The van der Waals surface area contributed by atoms with Crippen molar-refractivity contribution >= 4 is 0 Å². The van der Waals surface area contributed by atoms with E-state index in [1.165, 1.54) is 0 Å². The fourth-order valence-electron chi connectivity index (χ4n) is 2.60. The Labute approximate surface area is 170 Å². The molecule has 0 bridgehead atoms. The summed E-state index contributed by atoms with van der Waals surface area (Å²) in [6, 6.07) is -5.44. The van der Waals surface area contributed by atoms with Crippen molar-refractivity contribution in [3.63, 3.8) is 0 Å². The first-order chi connectivity index (χ1) is 19.6. The van der Waals surface area contributed by atoms with Crippen LogP contribution in [0.15, 0.2) is 12.1 Å². The number of rotatable bonds is 4. The van der Waals surface area contributed by atoms with Crippen LogP contribution in [0, 0.1) is 11.8 Å². The molecule has 1 fully saturated rings. The standard InChI is InChI=1S/C19H29NO3/c1-12(2)7-14-11-20-6-5-13-8-18(22-3)19(23-4)9-15(13)16(20)10-17(14)21/h8-9,12,14,16-17,21H,5-7,10-11H2,1-4H3/i1D3,2D3,3D3,4D3,5D2,6D2,7D2,8D,9D,12D,16D. The van der Waals surface area contributed by atoms with Gasteiger partial charge in [-0.05, 0) is 54.2 Å². The van der Waals surface area contributed by atoms with Crippen LogP contribution in [-0.2, 0) is 6.37 Å². The minimum atomic E-state index is -3.93. The van der Waals surface area contributed by atoms with Crippen molar-refractivity contribution in [3.05, 3.63) is 23.2 Å². The minimum Gasteiger partial charge on any atom is -0.493 e. The highest BCUT2D eigenvalue weighted by Gasteiger charge is 2.38. The summed E-state index contributed by atoms with van der Waals surface area (Å²) in [4.78, 5) is 0.262. The van der Waals surface area contributed by atoms with Gasteiger partial charge in [-0.25, -0.2) is 0 Å². The van der Waals surface area contributed by atoms with Crippen LogP contribution in [0.4, 0.5) is 0 Å². The molecule has 0 aromatic heterocycles. The van der Waals surface area contributed by atoms with Crippen molar-refractivity contribution in [3.8, 4) is 11.5 Å². The Bertz CT molecular complexity index is 1320. The minimum absolute atomic E-state index is 0.262. The summed E-state index contributed by atoms with van der Waals surface area (Å²) >= 11 is 0. The zero-order chi connectivity index (χ0) is 35.5. The smallest absolute Gasteiger partial charge is 0.161 e. The van der Waals surface area contributed by atoms with Crippen molar-refractivity contribution in [2.75, 3.05) is 27.1 Å². The molecule has 0 amide bonds. The van der Waals surface area contributed by atoms with Crippen molar-refractivity contribution in [2.45, 2.75) is 45.0 Å². The SMILES string of the molecule is [2H]c1c(OC([2H])([2H])[2H])c(OC([2H])([2H])[2H])c([2H])c2c1C1([2H])CC(O)C(C([2H])([2H])C([2H])(C([2H])([2H])[2H])C([2H])([2H])[2H])CN1C([2H])([2H])C2([2H])[2H]. The molecule has 1 saturated heterocycles. The molecule has 0 spiro atoms. The Morgan fingerprint density at radius 1 is 1.52 bits per heavy atom. The van der Waals surface area contributed by atoms with Gasteiger partial charge in [0.1, 0.15) is 0 Å². The number of hydrogen-bond donors (Lipinski definition) is 1. The number of nitrogens with zero attached hydrogens (tertiary/aromatic N) is 1. The maximum Gasteiger partial charge on any atom is 0.161 e. The Balaban J connectivity index is 2.41. The van der Waals surface area contributed by atoms with Crippen LogP contribution < -0.4 is 9.47 Å². The molecule has 0 saturated carbocycles. The molecular weight excluding hydrogens is 290 g/mol. The van der Waals surface area contributed by atoms with Crippen LogP contribution in [0.5, 0.6) is 11.5 Å². The first-order valence-corrected chi connectivity index (χ1v) is 6.63. The zero-order valence-corrected chi connectivity index (χ0v) is 11.8. The first kappa shape index (κ1) is 4.47. The molecule has 3 atom stereocenters. The van der Waals surface area contributed by atoms with Crippen LogP contribution in [0.2, 0.25) is 0 Å². The van der Waals surface area contributed by atoms with E-state index < -0.39 is 119 Å². The molecule has 128 valence electrons. The highest BCUT2D eigenvalue weighted by molar-refractivity contribution is 5.49. The van der Waals surface area contributed by atoms with Crippen LogP contribution in [-0.4, -0.2) is 43.2 Å². The molecule has 0 aliphatic carbocycles. The number of aliphatic hydroxyl groups is 1. The zero-order valence-electron chi connectivity index (χ0n) is 33.8. The van der Waals surface area contributed by atoms with Gasteiger partial charge < -0.3 is 14.6 Å². The maximum atomic E-state index is 11.2. The fraction of sp³-hybridized carbons (Fsp3) is 0.684. The van der Waals surface area contributed by atoms with E-state index in [2.05, 4.69) is 0 Å². The molecule has 4 heteroatoms. The average Bonchev–Trinajstić information content (AvgIpc) is 2.78.